The lowest BCUT2D eigenvalue weighted by atomic mass is 9.79. The first kappa shape index (κ1) is 14.9. The lowest BCUT2D eigenvalue weighted by Crippen LogP contribution is -2.41. The van der Waals surface area contributed by atoms with Crippen LogP contribution < -0.4 is 0 Å². The van der Waals surface area contributed by atoms with Crippen molar-refractivity contribution in [3.05, 3.63) is 0 Å². The Morgan fingerprint density at radius 3 is 2.41 bits per heavy atom. The lowest BCUT2D eigenvalue weighted by Gasteiger charge is -2.35. The molecular weight excluding hydrogens is 242 g/mol. The molecule has 6 heteroatoms. The highest BCUT2D eigenvalue weighted by molar-refractivity contribution is 7.88. The van der Waals surface area contributed by atoms with E-state index in [4.69, 9.17) is 0 Å². The molecule has 0 aromatic heterocycles. The minimum Gasteiger partial charge on any atom is -0.396 e. The van der Waals surface area contributed by atoms with Crippen LogP contribution in [0.4, 0.5) is 0 Å². The quantitative estimate of drug-likeness (QED) is 0.735. The van der Waals surface area contributed by atoms with E-state index in [1.165, 1.54) is 10.6 Å². The summed E-state index contributed by atoms with van der Waals surface area (Å²) in [6, 6.07) is 0. The van der Waals surface area contributed by atoms with Crippen LogP contribution in [0.1, 0.15) is 26.2 Å². The van der Waals surface area contributed by atoms with E-state index in [0.29, 0.717) is 19.5 Å². The molecule has 1 heterocycles. The molecule has 1 aliphatic rings. The van der Waals surface area contributed by atoms with Gasteiger partial charge in [0.2, 0.25) is 10.0 Å². The summed E-state index contributed by atoms with van der Waals surface area (Å²) in [4.78, 5) is 0. The maximum atomic E-state index is 11.5. The Kier molecular flexibility index (Phi) is 4.95. The van der Waals surface area contributed by atoms with Gasteiger partial charge < -0.3 is 10.2 Å². The minimum absolute atomic E-state index is 0.0706. The van der Waals surface area contributed by atoms with Gasteiger partial charge in [0.25, 0.3) is 0 Å². The Morgan fingerprint density at radius 2 is 1.94 bits per heavy atom. The van der Waals surface area contributed by atoms with Crippen molar-refractivity contribution in [2.75, 3.05) is 32.6 Å². The molecule has 1 saturated heterocycles. The maximum Gasteiger partial charge on any atom is 0.211 e. The third kappa shape index (κ3) is 4.21. The molecule has 1 atom stereocenters. The predicted molar refractivity (Wildman–Crippen MR) is 66.0 cm³/mol. The average molecular weight is 265 g/mol. The largest absolute Gasteiger partial charge is 0.396 e. The van der Waals surface area contributed by atoms with E-state index in [9.17, 15) is 18.6 Å². The number of rotatable bonds is 5. The molecule has 2 N–H and O–H groups in total. The van der Waals surface area contributed by atoms with Crippen molar-refractivity contribution in [2.45, 2.75) is 26.2 Å². The van der Waals surface area contributed by atoms with E-state index in [2.05, 4.69) is 0 Å². The van der Waals surface area contributed by atoms with E-state index in [-0.39, 0.29) is 19.1 Å². The molecule has 5 nitrogen and oxygen atoms in total. The molecule has 1 rings (SSSR count). The summed E-state index contributed by atoms with van der Waals surface area (Å²) in [6.45, 7) is 2.78. The van der Waals surface area contributed by atoms with Crippen molar-refractivity contribution >= 4 is 10.0 Å². The summed E-state index contributed by atoms with van der Waals surface area (Å²) in [5.41, 5.74) is -0.509. The first-order chi connectivity index (χ1) is 7.80. The summed E-state index contributed by atoms with van der Waals surface area (Å²) >= 11 is 0. The first-order valence-electron chi connectivity index (χ1n) is 5.97. The molecule has 0 spiro atoms. The van der Waals surface area contributed by atoms with Crippen LogP contribution in [0.3, 0.4) is 0 Å². The number of aliphatic hydroxyl groups is 2. The summed E-state index contributed by atoms with van der Waals surface area (Å²) in [6.07, 6.45) is 3.70. The van der Waals surface area contributed by atoms with Gasteiger partial charge in [-0.2, -0.15) is 0 Å². The molecule has 0 bridgehead atoms. The van der Waals surface area contributed by atoms with Gasteiger partial charge in [0.05, 0.1) is 19.5 Å². The highest BCUT2D eigenvalue weighted by atomic mass is 32.2. The van der Waals surface area contributed by atoms with E-state index in [1.54, 1.807) is 0 Å². The van der Waals surface area contributed by atoms with Gasteiger partial charge in [0.1, 0.15) is 0 Å². The highest BCUT2D eigenvalue weighted by Crippen LogP contribution is 2.31. The van der Waals surface area contributed by atoms with Gasteiger partial charge in [-0.25, -0.2) is 12.7 Å². The number of hydrogen-bond acceptors (Lipinski definition) is 4. The van der Waals surface area contributed by atoms with Crippen molar-refractivity contribution in [3.63, 3.8) is 0 Å². The molecule has 17 heavy (non-hydrogen) atoms. The Morgan fingerprint density at radius 1 is 1.35 bits per heavy atom. The fourth-order valence-electron chi connectivity index (χ4n) is 2.37. The molecule has 0 radical (unpaired) electrons. The van der Waals surface area contributed by atoms with E-state index in [1.807, 2.05) is 6.92 Å². The Balaban J connectivity index is 2.62. The molecule has 1 aliphatic heterocycles. The lowest BCUT2D eigenvalue weighted by molar-refractivity contribution is 0.0402. The van der Waals surface area contributed by atoms with E-state index < -0.39 is 15.4 Å². The number of aliphatic hydroxyl groups excluding tert-OH is 2. The summed E-state index contributed by atoms with van der Waals surface area (Å²) < 4.78 is 24.4. The normalized spacial score (nSPS) is 23.9. The van der Waals surface area contributed by atoms with Gasteiger partial charge in [0, 0.05) is 18.5 Å². The molecule has 0 aromatic carbocycles. The second kappa shape index (κ2) is 5.65. The van der Waals surface area contributed by atoms with Crippen molar-refractivity contribution < 1.29 is 18.6 Å². The SMILES string of the molecule is CC(CO)(CO)CC1CCCN(S(C)(=O)=O)C1. The molecule has 0 saturated carbocycles. The average Bonchev–Trinajstić information content (AvgIpc) is 2.28. The van der Waals surface area contributed by atoms with E-state index in [0.717, 1.165) is 12.8 Å². The number of nitrogens with zero attached hydrogens (tertiary/aromatic N) is 1. The van der Waals surface area contributed by atoms with Crippen LogP contribution in [0.25, 0.3) is 0 Å². The zero-order valence-corrected chi connectivity index (χ0v) is 11.4. The monoisotopic (exact) mass is 265 g/mol. The smallest absolute Gasteiger partial charge is 0.211 e. The topological polar surface area (TPSA) is 77.8 Å². The third-order valence-electron chi connectivity index (χ3n) is 3.50. The molecule has 1 unspecified atom stereocenters. The standard InChI is InChI=1S/C11H23NO4S/c1-11(8-13,9-14)6-10-4-3-5-12(7-10)17(2,15)16/h10,13-14H,3-9H2,1-2H3. The minimum atomic E-state index is -3.12. The first-order valence-corrected chi connectivity index (χ1v) is 7.82. The molecule has 0 amide bonds. The van der Waals surface area contributed by atoms with Crippen LogP contribution in [0.2, 0.25) is 0 Å². The van der Waals surface area contributed by atoms with Gasteiger partial charge in [-0.15, -0.1) is 0 Å². The Labute approximate surface area is 103 Å². The molecule has 102 valence electrons. The van der Waals surface area contributed by atoms with Gasteiger partial charge in [-0.3, -0.25) is 0 Å². The number of sulfonamides is 1. The zero-order chi connectivity index (χ0) is 13.1. The van der Waals surface area contributed by atoms with Crippen LogP contribution >= 0.6 is 0 Å². The van der Waals surface area contributed by atoms with Gasteiger partial charge in [-0.05, 0) is 25.2 Å². The van der Waals surface area contributed by atoms with Gasteiger partial charge >= 0.3 is 0 Å². The van der Waals surface area contributed by atoms with Crippen molar-refractivity contribution in [1.29, 1.82) is 0 Å². The summed E-state index contributed by atoms with van der Waals surface area (Å²) in [7, 11) is -3.12. The Bertz CT molecular complexity index is 337. The predicted octanol–water partition coefficient (Wildman–Crippen LogP) is 0.0390. The van der Waals surface area contributed by atoms with Crippen LogP contribution in [-0.2, 0) is 10.0 Å². The fraction of sp³-hybridized carbons (Fsp3) is 1.00. The zero-order valence-electron chi connectivity index (χ0n) is 10.6. The summed E-state index contributed by atoms with van der Waals surface area (Å²) in [5, 5.41) is 18.5. The van der Waals surface area contributed by atoms with E-state index >= 15 is 0 Å². The molecular formula is C11H23NO4S. The second-order valence-corrected chi connectivity index (χ2v) is 7.44. The van der Waals surface area contributed by atoms with Gasteiger partial charge in [-0.1, -0.05) is 6.92 Å². The second-order valence-electron chi connectivity index (χ2n) is 5.46. The number of piperidine rings is 1. The van der Waals surface area contributed by atoms with Crippen LogP contribution in [0.5, 0.6) is 0 Å². The highest BCUT2D eigenvalue weighted by Gasteiger charge is 2.32. The maximum absolute atomic E-state index is 11.5. The molecule has 0 aromatic rings. The number of hydrogen-bond donors (Lipinski definition) is 2. The van der Waals surface area contributed by atoms with Crippen LogP contribution in [-0.4, -0.2) is 55.5 Å². The molecule has 0 aliphatic carbocycles. The van der Waals surface area contributed by atoms with Crippen LogP contribution in [0.15, 0.2) is 0 Å². The molecule has 1 fully saturated rings. The van der Waals surface area contributed by atoms with Gasteiger partial charge in [0.15, 0.2) is 0 Å². The summed E-state index contributed by atoms with van der Waals surface area (Å²) in [5.74, 6) is 0.225. The van der Waals surface area contributed by atoms with Crippen molar-refractivity contribution in [3.8, 4) is 0 Å². The third-order valence-corrected chi connectivity index (χ3v) is 4.77. The Hall–Kier alpha value is -0.170. The van der Waals surface area contributed by atoms with Crippen molar-refractivity contribution in [2.24, 2.45) is 11.3 Å². The fourth-order valence-corrected chi connectivity index (χ4v) is 3.31. The van der Waals surface area contributed by atoms with Crippen LogP contribution in [0, 0.1) is 11.3 Å². The van der Waals surface area contributed by atoms with Crippen molar-refractivity contribution in [1.82, 2.24) is 4.31 Å².